The largest absolute Gasteiger partial charge is 0.497 e. The van der Waals surface area contributed by atoms with Crippen LogP contribution in [0, 0.1) is 5.41 Å². The number of urea groups is 1. The molecule has 2 aromatic rings. The van der Waals surface area contributed by atoms with E-state index in [4.69, 9.17) is 4.74 Å². The van der Waals surface area contributed by atoms with E-state index in [1.165, 1.54) is 0 Å². The Morgan fingerprint density at radius 1 is 1.31 bits per heavy atom. The predicted molar refractivity (Wildman–Crippen MR) is 102 cm³/mol. The summed E-state index contributed by atoms with van der Waals surface area (Å²) in [5.74, 6) is 0.819. The van der Waals surface area contributed by atoms with E-state index in [-0.39, 0.29) is 23.5 Å². The standard InChI is InChI=1S/C20H28N4O2/c1-13(2)22-19(25)23-17-10-20(3,4)11-18-16(17)12-21-24(18)14-6-8-15(26-5)9-7-14/h6-9,12-13,17H,10-11H2,1-5H3,(H2,22,23,25). The van der Waals surface area contributed by atoms with Crippen molar-refractivity contribution in [3.63, 3.8) is 0 Å². The van der Waals surface area contributed by atoms with E-state index in [1.807, 2.05) is 49.0 Å². The molecule has 1 aromatic carbocycles. The minimum Gasteiger partial charge on any atom is -0.497 e. The quantitative estimate of drug-likeness (QED) is 0.879. The van der Waals surface area contributed by atoms with Crippen LogP contribution in [-0.2, 0) is 6.42 Å². The van der Waals surface area contributed by atoms with Crippen LogP contribution in [0.5, 0.6) is 5.75 Å². The van der Waals surface area contributed by atoms with Gasteiger partial charge in [-0.1, -0.05) is 13.8 Å². The molecule has 0 spiro atoms. The number of amides is 2. The summed E-state index contributed by atoms with van der Waals surface area (Å²) in [7, 11) is 1.66. The molecule has 6 heteroatoms. The third-order valence-electron chi connectivity index (χ3n) is 4.72. The van der Waals surface area contributed by atoms with Gasteiger partial charge in [-0.05, 0) is 56.4 Å². The lowest BCUT2D eigenvalue weighted by atomic mass is 9.74. The highest BCUT2D eigenvalue weighted by atomic mass is 16.5. The molecule has 0 aliphatic heterocycles. The van der Waals surface area contributed by atoms with Crippen molar-refractivity contribution in [3.05, 3.63) is 41.7 Å². The van der Waals surface area contributed by atoms with Gasteiger partial charge in [-0.3, -0.25) is 0 Å². The van der Waals surface area contributed by atoms with Crippen LogP contribution >= 0.6 is 0 Å². The van der Waals surface area contributed by atoms with Crippen molar-refractivity contribution in [2.45, 2.75) is 52.6 Å². The van der Waals surface area contributed by atoms with Crippen molar-refractivity contribution >= 4 is 6.03 Å². The Kier molecular flexibility index (Phi) is 4.94. The Balaban J connectivity index is 1.92. The number of rotatable bonds is 4. The van der Waals surface area contributed by atoms with E-state index in [0.29, 0.717) is 0 Å². The molecule has 1 heterocycles. The fourth-order valence-corrected chi connectivity index (χ4v) is 3.58. The molecule has 3 rings (SSSR count). The topological polar surface area (TPSA) is 68.2 Å². The van der Waals surface area contributed by atoms with Crippen LogP contribution in [-0.4, -0.2) is 29.0 Å². The maximum atomic E-state index is 12.2. The zero-order chi connectivity index (χ0) is 18.9. The zero-order valence-corrected chi connectivity index (χ0v) is 16.2. The first-order valence-electron chi connectivity index (χ1n) is 9.07. The number of aromatic nitrogens is 2. The maximum absolute atomic E-state index is 12.2. The fourth-order valence-electron chi connectivity index (χ4n) is 3.58. The molecule has 140 valence electrons. The smallest absolute Gasteiger partial charge is 0.315 e. The minimum absolute atomic E-state index is 0.0421. The molecule has 0 fully saturated rings. The molecule has 1 unspecified atom stereocenters. The molecule has 0 saturated heterocycles. The minimum atomic E-state index is -0.133. The van der Waals surface area contributed by atoms with Crippen molar-refractivity contribution < 1.29 is 9.53 Å². The molecule has 2 N–H and O–H groups in total. The monoisotopic (exact) mass is 356 g/mol. The lowest BCUT2D eigenvalue weighted by molar-refractivity contribution is 0.219. The van der Waals surface area contributed by atoms with Crippen molar-refractivity contribution in [2.24, 2.45) is 5.41 Å². The van der Waals surface area contributed by atoms with Crippen LogP contribution in [0.4, 0.5) is 4.79 Å². The van der Waals surface area contributed by atoms with Gasteiger partial charge in [0.1, 0.15) is 5.75 Å². The van der Waals surface area contributed by atoms with Crippen LogP contribution in [0.2, 0.25) is 0 Å². The summed E-state index contributed by atoms with van der Waals surface area (Å²) in [6.45, 7) is 8.38. The second kappa shape index (κ2) is 7.02. The normalized spacial score (nSPS) is 18.3. The summed E-state index contributed by atoms with van der Waals surface area (Å²) in [5, 5.41) is 10.6. The third-order valence-corrected chi connectivity index (χ3v) is 4.72. The van der Waals surface area contributed by atoms with Gasteiger partial charge in [-0.15, -0.1) is 0 Å². The second-order valence-corrected chi connectivity index (χ2v) is 8.03. The van der Waals surface area contributed by atoms with Gasteiger partial charge >= 0.3 is 6.03 Å². The summed E-state index contributed by atoms with van der Waals surface area (Å²) in [5.41, 5.74) is 3.32. The molecule has 0 bridgehead atoms. The van der Waals surface area contributed by atoms with Crippen LogP contribution in [0.1, 0.15) is 51.4 Å². The van der Waals surface area contributed by atoms with Crippen molar-refractivity contribution in [2.75, 3.05) is 7.11 Å². The predicted octanol–water partition coefficient (Wildman–Crippen LogP) is 3.60. The van der Waals surface area contributed by atoms with E-state index < -0.39 is 0 Å². The van der Waals surface area contributed by atoms with Crippen LogP contribution < -0.4 is 15.4 Å². The third kappa shape index (κ3) is 3.84. The average Bonchev–Trinajstić information content (AvgIpc) is 2.96. The molecule has 1 aliphatic rings. The number of carbonyl (C=O) groups excluding carboxylic acids is 1. The van der Waals surface area contributed by atoms with Crippen molar-refractivity contribution in [3.8, 4) is 11.4 Å². The molecule has 0 saturated carbocycles. The fraction of sp³-hybridized carbons (Fsp3) is 0.500. The van der Waals surface area contributed by atoms with Gasteiger partial charge in [0.15, 0.2) is 0 Å². The van der Waals surface area contributed by atoms with E-state index in [1.54, 1.807) is 7.11 Å². The SMILES string of the molecule is COc1ccc(-n2ncc3c2CC(C)(C)CC3NC(=O)NC(C)C)cc1. The first-order chi connectivity index (χ1) is 12.3. The number of fused-ring (bicyclic) bond motifs is 1. The number of ether oxygens (including phenoxy) is 1. The van der Waals surface area contributed by atoms with Gasteiger partial charge in [-0.25, -0.2) is 9.48 Å². The Hall–Kier alpha value is -2.50. The Morgan fingerprint density at radius 2 is 2.00 bits per heavy atom. The Bertz CT molecular complexity index is 778. The van der Waals surface area contributed by atoms with Gasteiger partial charge in [0, 0.05) is 11.6 Å². The number of nitrogens with zero attached hydrogens (tertiary/aromatic N) is 2. The highest BCUT2D eigenvalue weighted by molar-refractivity contribution is 5.74. The molecular weight excluding hydrogens is 328 g/mol. The highest BCUT2D eigenvalue weighted by Gasteiger charge is 2.36. The van der Waals surface area contributed by atoms with Gasteiger partial charge in [0.2, 0.25) is 0 Å². The van der Waals surface area contributed by atoms with E-state index in [9.17, 15) is 4.79 Å². The summed E-state index contributed by atoms with van der Waals surface area (Å²) in [4.78, 5) is 12.2. The number of hydrogen-bond donors (Lipinski definition) is 2. The van der Waals surface area contributed by atoms with Gasteiger partial charge in [-0.2, -0.15) is 5.10 Å². The summed E-state index contributed by atoms with van der Waals surface area (Å²) < 4.78 is 7.22. The van der Waals surface area contributed by atoms with E-state index in [0.717, 1.165) is 35.5 Å². The number of nitrogens with one attached hydrogen (secondary N) is 2. The van der Waals surface area contributed by atoms with Crippen LogP contribution in [0.15, 0.2) is 30.5 Å². The van der Waals surface area contributed by atoms with Gasteiger partial charge in [0.05, 0.1) is 30.7 Å². The first kappa shape index (κ1) is 18.3. The number of carbonyl (C=O) groups is 1. The van der Waals surface area contributed by atoms with Crippen molar-refractivity contribution in [1.82, 2.24) is 20.4 Å². The van der Waals surface area contributed by atoms with Crippen LogP contribution in [0.25, 0.3) is 5.69 Å². The average molecular weight is 356 g/mol. The molecule has 1 atom stereocenters. The Morgan fingerprint density at radius 3 is 2.62 bits per heavy atom. The van der Waals surface area contributed by atoms with Crippen molar-refractivity contribution in [1.29, 1.82) is 0 Å². The summed E-state index contributed by atoms with van der Waals surface area (Å²) >= 11 is 0. The molecule has 2 amide bonds. The summed E-state index contributed by atoms with van der Waals surface area (Å²) in [6, 6.07) is 7.80. The molecular formula is C20H28N4O2. The molecule has 26 heavy (non-hydrogen) atoms. The second-order valence-electron chi connectivity index (χ2n) is 8.03. The number of benzene rings is 1. The number of hydrogen-bond acceptors (Lipinski definition) is 3. The molecule has 0 radical (unpaired) electrons. The van der Waals surface area contributed by atoms with Crippen LogP contribution in [0.3, 0.4) is 0 Å². The number of methoxy groups -OCH3 is 1. The van der Waals surface area contributed by atoms with E-state index >= 15 is 0 Å². The maximum Gasteiger partial charge on any atom is 0.315 e. The van der Waals surface area contributed by atoms with E-state index in [2.05, 4.69) is 29.6 Å². The Labute approximate surface area is 154 Å². The molecule has 1 aromatic heterocycles. The zero-order valence-electron chi connectivity index (χ0n) is 16.2. The van der Waals surface area contributed by atoms with Gasteiger partial charge in [0.25, 0.3) is 0 Å². The lowest BCUT2D eigenvalue weighted by Gasteiger charge is -2.36. The molecule has 1 aliphatic carbocycles. The first-order valence-corrected chi connectivity index (χ1v) is 9.07. The molecule has 6 nitrogen and oxygen atoms in total. The lowest BCUT2D eigenvalue weighted by Crippen LogP contribution is -2.44. The highest BCUT2D eigenvalue weighted by Crippen LogP contribution is 2.41. The summed E-state index contributed by atoms with van der Waals surface area (Å²) in [6.07, 6.45) is 3.69. The van der Waals surface area contributed by atoms with Gasteiger partial charge < -0.3 is 15.4 Å².